The van der Waals surface area contributed by atoms with Crippen LogP contribution in [0.4, 0.5) is 11.4 Å². The fourth-order valence-corrected chi connectivity index (χ4v) is 2.88. The molecule has 1 amide bonds. The van der Waals surface area contributed by atoms with Gasteiger partial charge in [0.2, 0.25) is 0 Å². The van der Waals surface area contributed by atoms with E-state index in [0.29, 0.717) is 17.1 Å². The van der Waals surface area contributed by atoms with Crippen LogP contribution in [0.3, 0.4) is 0 Å². The van der Waals surface area contributed by atoms with Crippen LogP contribution < -0.4 is 15.0 Å². The minimum atomic E-state index is -0.242. The van der Waals surface area contributed by atoms with E-state index < -0.39 is 0 Å². The fourth-order valence-electron chi connectivity index (χ4n) is 2.88. The molecular formula is C19H24N4O2. The minimum Gasteiger partial charge on any atom is -0.495 e. The van der Waals surface area contributed by atoms with Crippen LogP contribution in [0.1, 0.15) is 16.1 Å². The van der Waals surface area contributed by atoms with Crippen molar-refractivity contribution in [3.63, 3.8) is 0 Å². The first-order chi connectivity index (χ1) is 12.1. The monoisotopic (exact) mass is 340 g/mol. The molecule has 1 N–H and O–H groups in total. The van der Waals surface area contributed by atoms with Gasteiger partial charge in [-0.05, 0) is 43.8 Å². The maximum atomic E-state index is 12.5. The Bertz CT molecular complexity index is 738. The van der Waals surface area contributed by atoms with Crippen molar-refractivity contribution in [2.24, 2.45) is 0 Å². The summed E-state index contributed by atoms with van der Waals surface area (Å²) in [6, 6.07) is 9.40. The lowest BCUT2D eigenvalue weighted by Crippen LogP contribution is -2.44. The van der Waals surface area contributed by atoms with Gasteiger partial charge >= 0.3 is 0 Å². The van der Waals surface area contributed by atoms with Gasteiger partial charge < -0.3 is 19.9 Å². The predicted octanol–water partition coefficient (Wildman–Crippen LogP) is 2.40. The van der Waals surface area contributed by atoms with Crippen molar-refractivity contribution in [1.29, 1.82) is 0 Å². The van der Waals surface area contributed by atoms with Crippen molar-refractivity contribution in [3.05, 3.63) is 47.8 Å². The van der Waals surface area contributed by atoms with E-state index in [1.165, 1.54) is 0 Å². The SMILES string of the molecule is COc1ccc(C)cc1NC(=O)c1ccc(N2CCN(C)CC2)cn1. The maximum absolute atomic E-state index is 12.5. The highest BCUT2D eigenvalue weighted by atomic mass is 16.5. The second kappa shape index (κ2) is 7.53. The van der Waals surface area contributed by atoms with Crippen LogP contribution in [0.15, 0.2) is 36.5 Å². The summed E-state index contributed by atoms with van der Waals surface area (Å²) in [6.07, 6.45) is 1.77. The van der Waals surface area contributed by atoms with Crippen molar-refractivity contribution in [1.82, 2.24) is 9.88 Å². The quantitative estimate of drug-likeness (QED) is 0.926. The molecule has 6 heteroatoms. The standard InChI is InChI=1S/C19H24N4O2/c1-14-4-7-18(25-3)17(12-14)21-19(24)16-6-5-15(13-20-16)23-10-8-22(2)9-11-23/h4-7,12-13H,8-11H2,1-3H3,(H,21,24). The molecule has 0 unspecified atom stereocenters. The van der Waals surface area contributed by atoms with Gasteiger partial charge in [0.1, 0.15) is 11.4 Å². The number of pyridine rings is 1. The average molecular weight is 340 g/mol. The van der Waals surface area contributed by atoms with Crippen LogP contribution >= 0.6 is 0 Å². The van der Waals surface area contributed by atoms with Crippen LogP contribution in [0.5, 0.6) is 5.75 Å². The second-order valence-electron chi connectivity index (χ2n) is 6.35. The zero-order chi connectivity index (χ0) is 17.8. The van der Waals surface area contributed by atoms with Crippen LogP contribution in [0, 0.1) is 6.92 Å². The van der Waals surface area contributed by atoms with Crippen LogP contribution in [0.2, 0.25) is 0 Å². The van der Waals surface area contributed by atoms with Gasteiger partial charge in [-0.2, -0.15) is 0 Å². The minimum absolute atomic E-state index is 0.242. The molecule has 0 radical (unpaired) electrons. The number of piperazine rings is 1. The van der Waals surface area contributed by atoms with Crippen molar-refractivity contribution in [2.45, 2.75) is 6.92 Å². The molecule has 1 aliphatic rings. The third-order valence-electron chi connectivity index (χ3n) is 4.45. The van der Waals surface area contributed by atoms with E-state index >= 15 is 0 Å². The van der Waals surface area contributed by atoms with Crippen molar-refractivity contribution in [2.75, 3.05) is 50.6 Å². The number of carbonyl (C=O) groups excluding carboxylic acids is 1. The van der Waals surface area contributed by atoms with E-state index in [0.717, 1.165) is 37.4 Å². The summed E-state index contributed by atoms with van der Waals surface area (Å²) >= 11 is 0. The first-order valence-corrected chi connectivity index (χ1v) is 8.42. The summed E-state index contributed by atoms with van der Waals surface area (Å²) in [6.45, 7) is 6.00. The molecule has 0 atom stereocenters. The fraction of sp³-hybridized carbons (Fsp3) is 0.368. The number of aromatic nitrogens is 1. The molecule has 0 spiro atoms. The topological polar surface area (TPSA) is 57.7 Å². The van der Waals surface area contributed by atoms with E-state index in [-0.39, 0.29) is 5.91 Å². The highest BCUT2D eigenvalue weighted by Gasteiger charge is 2.16. The molecular weight excluding hydrogens is 316 g/mol. The summed E-state index contributed by atoms with van der Waals surface area (Å²) in [5, 5.41) is 2.88. The third-order valence-corrected chi connectivity index (χ3v) is 4.45. The molecule has 0 aliphatic carbocycles. The van der Waals surface area contributed by atoms with Gasteiger partial charge in [0.05, 0.1) is 24.7 Å². The van der Waals surface area contributed by atoms with Crippen LogP contribution in [0.25, 0.3) is 0 Å². The Morgan fingerprint density at radius 3 is 2.56 bits per heavy atom. The van der Waals surface area contributed by atoms with Crippen molar-refractivity contribution >= 4 is 17.3 Å². The van der Waals surface area contributed by atoms with E-state index in [9.17, 15) is 4.79 Å². The summed E-state index contributed by atoms with van der Waals surface area (Å²) in [5.41, 5.74) is 3.14. The lowest BCUT2D eigenvalue weighted by molar-refractivity contribution is 0.102. The first kappa shape index (κ1) is 17.2. The number of methoxy groups -OCH3 is 1. The van der Waals surface area contributed by atoms with Gasteiger partial charge in [0, 0.05) is 26.2 Å². The lowest BCUT2D eigenvalue weighted by Gasteiger charge is -2.33. The summed E-state index contributed by atoms with van der Waals surface area (Å²) in [4.78, 5) is 21.4. The van der Waals surface area contributed by atoms with E-state index in [1.54, 1.807) is 19.4 Å². The second-order valence-corrected chi connectivity index (χ2v) is 6.35. The number of benzene rings is 1. The zero-order valence-electron chi connectivity index (χ0n) is 15.0. The molecule has 0 bridgehead atoms. The zero-order valence-corrected chi connectivity index (χ0v) is 15.0. The van der Waals surface area contributed by atoms with Crippen molar-refractivity contribution in [3.8, 4) is 5.75 Å². The number of hydrogen-bond acceptors (Lipinski definition) is 5. The highest BCUT2D eigenvalue weighted by Crippen LogP contribution is 2.25. The number of anilines is 2. The first-order valence-electron chi connectivity index (χ1n) is 8.42. The average Bonchev–Trinajstić information content (AvgIpc) is 2.63. The number of likely N-dealkylation sites (N-methyl/N-ethyl adjacent to an activating group) is 1. The lowest BCUT2D eigenvalue weighted by atomic mass is 10.2. The molecule has 132 valence electrons. The molecule has 1 aromatic heterocycles. The number of ether oxygens (including phenoxy) is 1. The van der Waals surface area contributed by atoms with E-state index in [2.05, 4.69) is 27.1 Å². The molecule has 1 saturated heterocycles. The number of nitrogens with one attached hydrogen (secondary N) is 1. The van der Waals surface area contributed by atoms with Gasteiger partial charge in [0.25, 0.3) is 5.91 Å². The Balaban J connectivity index is 1.70. The summed E-state index contributed by atoms with van der Waals surface area (Å²) in [5.74, 6) is 0.391. The molecule has 25 heavy (non-hydrogen) atoms. The van der Waals surface area contributed by atoms with E-state index in [4.69, 9.17) is 4.74 Å². The molecule has 0 saturated carbocycles. The number of carbonyl (C=O) groups is 1. The molecule has 1 aliphatic heterocycles. The Kier molecular flexibility index (Phi) is 5.19. The predicted molar refractivity (Wildman–Crippen MR) is 99.6 cm³/mol. The third kappa shape index (κ3) is 4.09. The Labute approximate surface area is 148 Å². The Morgan fingerprint density at radius 1 is 1.16 bits per heavy atom. The number of hydrogen-bond donors (Lipinski definition) is 1. The highest BCUT2D eigenvalue weighted by molar-refractivity contribution is 6.03. The number of rotatable bonds is 4. The smallest absolute Gasteiger partial charge is 0.274 e. The van der Waals surface area contributed by atoms with Gasteiger partial charge in [-0.3, -0.25) is 4.79 Å². The van der Waals surface area contributed by atoms with Gasteiger partial charge in [-0.15, -0.1) is 0 Å². The van der Waals surface area contributed by atoms with Crippen molar-refractivity contribution < 1.29 is 9.53 Å². The number of aryl methyl sites for hydroxylation is 1. The number of amides is 1. The normalized spacial score (nSPS) is 15.1. The maximum Gasteiger partial charge on any atom is 0.274 e. The number of nitrogens with zero attached hydrogens (tertiary/aromatic N) is 3. The molecule has 6 nitrogen and oxygen atoms in total. The molecule has 1 aromatic carbocycles. The van der Waals surface area contributed by atoms with Gasteiger partial charge in [0.15, 0.2) is 0 Å². The largest absolute Gasteiger partial charge is 0.495 e. The van der Waals surface area contributed by atoms with Crippen LogP contribution in [-0.2, 0) is 0 Å². The molecule has 2 heterocycles. The Hall–Kier alpha value is -2.60. The van der Waals surface area contributed by atoms with E-state index in [1.807, 2.05) is 31.2 Å². The van der Waals surface area contributed by atoms with Crippen LogP contribution in [-0.4, -0.2) is 56.1 Å². The Morgan fingerprint density at radius 2 is 1.92 bits per heavy atom. The molecule has 2 aromatic rings. The molecule has 3 rings (SSSR count). The van der Waals surface area contributed by atoms with Gasteiger partial charge in [-0.25, -0.2) is 4.98 Å². The summed E-state index contributed by atoms with van der Waals surface area (Å²) in [7, 11) is 3.71. The summed E-state index contributed by atoms with van der Waals surface area (Å²) < 4.78 is 5.30. The molecule has 1 fully saturated rings. The van der Waals surface area contributed by atoms with Gasteiger partial charge in [-0.1, -0.05) is 6.07 Å².